The molecule has 0 N–H and O–H groups in total. The number of hydrogen-bond acceptors (Lipinski definition) is 7. The lowest BCUT2D eigenvalue weighted by Crippen LogP contribution is -1.98. The molecule has 164 valence electrons. The van der Waals surface area contributed by atoms with Crippen molar-refractivity contribution in [2.75, 3.05) is 0 Å². The van der Waals surface area contributed by atoms with Crippen LogP contribution in [0.4, 0.5) is 11.4 Å². The molecule has 0 spiro atoms. The number of non-ortho nitro benzene ring substituents is 2. The molecule has 0 saturated heterocycles. The van der Waals surface area contributed by atoms with Crippen LogP contribution in [0, 0.1) is 20.2 Å². The van der Waals surface area contributed by atoms with Gasteiger partial charge in [-0.25, -0.2) is 0 Å². The largest absolute Gasteiger partial charge is 0.487 e. The molecule has 0 heterocycles. The van der Waals surface area contributed by atoms with E-state index >= 15 is 0 Å². The Morgan fingerprint density at radius 2 is 1.50 bits per heavy atom. The average molecular weight is 565 g/mol. The lowest BCUT2D eigenvalue weighted by atomic mass is 10.2. The number of halogens is 2. The molecule has 0 aliphatic heterocycles. The van der Waals surface area contributed by atoms with Crippen molar-refractivity contribution < 1.29 is 19.4 Å². The number of nitro benzene ring substituents is 2. The molecule has 3 aromatic carbocycles. The molecule has 3 rings (SSSR count). The molecule has 9 nitrogen and oxygen atoms in total. The quantitative estimate of drug-likeness (QED) is 0.174. The van der Waals surface area contributed by atoms with Gasteiger partial charge in [-0.2, -0.15) is 0 Å². The zero-order valence-electron chi connectivity index (χ0n) is 16.3. The standard InChI is InChI=1S/C21H15Br2N3O6/c22-19-9-16(11-24-32-13-15-2-1-3-18(8-15)26(29)30)10-20(23)21(19)31-12-14-4-6-17(7-5-14)25(27)28/h1-11H,12-13H2/b24-11-. The molecule has 11 heteroatoms. The van der Waals surface area contributed by atoms with E-state index in [2.05, 4.69) is 37.0 Å². The first kappa shape index (κ1) is 23.4. The van der Waals surface area contributed by atoms with E-state index in [1.54, 1.807) is 36.4 Å². The van der Waals surface area contributed by atoms with Crippen LogP contribution in [0.5, 0.6) is 5.75 Å². The number of ether oxygens (including phenoxy) is 1. The van der Waals surface area contributed by atoms with Gasteiger partial charge in [-0.15, -0.1) is 0 Å². The van der Waals surface area contributed by atoms with E-state index in [4.69, 9.17) is 9.57 Å². The van der Waals surface area contributed by atoms with Crippen LogP contribution in [-0.4, -0.2) is 16.1 Å². The Morgan fingerprint density at radius 3 is 2.12 bits per heavy atom. The molecule has 32 heavy (non-hydrogen) atoms. The Balaban J connectivity index is 1.59. The van der Waals surface area contributed by atoms with Crippen molar-refractivity contribution in [3.63, 3.8) is 0 Å². The van der Waals surface area contributed by atoms with E-state index in [1.807, 2.05) is 0 Å². The van der Waals surface area contributed by atoms with Crippen molar-refractivity contribution in [1.29, 1.82) is 0 Å². The summed E-state index contributed by atoms with van der Waals surface area (Å²) in [5, 5.41) is 25.5. The van der Waals surface area contributed by atoms with Gasteiger partial charge in [0.2, 0.25) is 0 Å². The summed E-state index contributed by atoms with van der Waals surface area (Å²) in [5.74, 6) is 0.568. The number of benzene rings is 3. The molecule has 0 unspecified atom stereocenters. The highest BCUT2D eigenvalue weighted by molar-refractivity contribution is 9.11. The van der Waals surface area contributed by atoms with E-state index in [0.29, 0.717) is 20.3 Å². The minimum absolute atomic E-state index is 0.00717. The Bertz CT molecular complexity index is 1150. The Kier molecular flexibility index (Phi) is 7.90. The molecule has 0 radical (unpaired) electrons. The maximum Gasteiger partial charge on any atom is 0.269 e. The van der Waals surface area contributed by atoms with Gasteiger partial charge in [0, 0.05) is 24.3 Å². The second-order valence-corrected chi connectivity index (χ2v) is 8.17. The van der Waals surface area contributed by atoms with Gasteiger partial charge in [0.15, 0.2) is 0 Å². The Morgan fingerprint density at radius 1 is 0.844 bits per heavy atom. The third-order valence-electron chi connectivity index (χ3n) is 4.18. The van der Waals surface area contributed by atoms with Crippen molar-refractivity contribution in [3.05, 3.63) is 107 Å². The smallest absolute Gasteiger partial charge is 0.269 e. The monoisotopic (exact) mass is 563 g/mol. The number of hydrogen-bond donors (Lipinski definition) is 0. The Hall–Kier alpha value is -3.31. The molecule has 0 fully saturated rings. The van der Waals surface area contributed by atoms with E-state index in [9.17, 15) is 20.2 Å². The summed E-state index contributed by atoms with van der Waals surface area (Å²) in [6.45, 7) is 0.325. The maximum atomic E-state index is 10.8. The van der Waals surface area contributed by atoms with Gasteiger partial charge in [0.25, 0.3) is 11.4 Å². The van der Waals surface area contributed by atoms with Gasteiger partial charge < -0.3 is 9.57 Å². The van der Waals surface area contributed by atoms with Crippen LogP contribution in [0.2, 0.25) is 0 Å². The SMILES string of the molecule is O=[N+]([O-])c1ccc(COc2c(Br)cc(/C=N\OCc3cccc([N+](=O)[O-])c3)cc2Br)cc1. The topological polar surface area (TPSA) is 117 Å². The second-order valence-electron chi connectivity index (χ2n) is 6.46. The Labute approximate surface area is 199 Å². The van der Waals surface area contributed by atoms with Crippen LogP contribution in [0.1, 0.15) is 16.7 Å². The fourth-order valence-corrected chi connectivity index (χ4v) is 4.08. The maximum absolute atomic E-state index is 10.8. The molecule has 0 bridgehead atoms. The highest BCUT2D eigenvalue weighted by Gasteiger charge is 2.10. The van der Waals surface area contributed by atoms with Crippen LogP contribution >= 0.6 is 31.9 Å². The molecule has 0 saturated carbocycles. The fraction of sp³-hybridized carbons (Fsp3) is 0.0952. The summed E-state index contributed by atoms with van der Waals surface area (Å²) in [4.78, 5) is 25.9. The van der Waals surface area contributed by atoms with Crippen molar-refractivity contribution in [3.8, 4) is 5.75 Å². The predicted octanol–water partition coefficient (Wildman–Crippen LogP) is 6.16. The minimum atomic E-state index is -0.465. The van der Waals surface area contributed by atoms with Gasteiger partial charge in [-0.1, -0.05) is 17.3 Å². The molecule has 0 aromatic heterocycles. The summed E-state index contributed by atoms with van der Waals surface area (Å²) in [5.41, 5.74) is 2.16. The summed E-state index contributed by atoms with van der Waals surface area (Å²) >= 11 is 6.92. The summed E-state index contributed by atoms with van der Waals surface area (Å²) in [6, 6.07) is 15.8. The molecular formula is C21H15Br2N3O6. The van der Waals surface area contributed by atoms with Gasteiger partial charge >= 0.3 is 0 Å². The highest BCUT2D eigenvalue weighted by Crippen LogP contribution is 2.35. The van der Waals surface area contributed by atoms with Crippen LogP contribution in [0.15, 0.2) is 74.8 Å². The van der Waals surface area contributed by atoms with Crippen molar-refractivity contribution >= 4 is 49.4 Å². The normalized spacial score (nSPS) is 10.8. The van der Waals surface area contributed by atoms with Gasteiger partial charge in [-0.05, 0) is 72.8 Å². The van der Waals surface area contributed by atoms with Crippen LogP contribution in [0.3, 0.4) is 0 Å². The zero-order chi connectivity index (χ0) is 23.1. The molecule has 0 aliphatic rings. The van der Waals surface area contributed by atoms with Gasteiger partial charge in [0.1, 0.15) is 19.0 Å². The molecule has 3 aromatic rings. The first-order valence-electron chi connectivity index (χ1n) is 9.07. The first-order valence-corrected chi connectivity index (χ1v) is 10.7. The highest BCUT2D eigenvalue weighted by atomic mass is 79.9. The van der Waals surface area contributed by atoms with Crippen LogP contribution < -0.4 is 4.74 Å². The molecular weight excluding hydrogens is 550 g/mol. The van der Waals surface area contributed by atoms with E-state index in [0.717, 1.165) is 11.1 Å². The molecule has 0 atom stereocenters. The summed E-state index contributed by atoms with van der Waals surface area (Å²) < 4.78 is 7.18. The summed E-state index contributed by atoms with van der Waals surface area (Å²) in [7, 11) is 0. The van der Waals surface area contributed by atoms with E-state index in [-0.39, 0.29) is 24.6 Å². The van der Waals surface area contributed by atoms with Crippen molar-refractivity contribution in [2.45, 2.75) is 13.2 Å². The third-order valence-corrected chi connectivity index (χ3v) is 5.36. The summed E-state index contributed by atoms with van der Waals surface area (Å²) in [6.07, 6.45) is 1.51. The van der Waals surface area contributed by atoms with Crippen molar-refractivity contribution in [1.82, 2.24) is 0 Å². The van der Waals surface area contributed by atoms with E-state index < -0.39 is 9.85 Å². The minimum Gasteiger partial charge on any atom is -0.487 e. The first-order chi connectivity index (χ1) is 15.3. The fourth-order valence-electron chi connectivity index (χ4n) is 2.63. The predicted molar refractivity (Wildman–Crippen MR) is 125 cm³/mol. The number of nitrogens with zero attached hydrogens (tertiary/aromatic N) is 3. The van der Waals surface area contributed by atoms with Crippen LogP contribution in [0.25, 0.3) is 0 Å². The van der Waals surface area contributed by atoms with Crippen LogP contribution in [-0.2, 0) is 18.1 Å². The number of oxime groups is 1. The third kappa shape index (κ3) is 6.34. The number of rotatable bonds is 9. The van der Waals surface area contributed by atoms with Gasteiger partial charge in [0.05, 0.1) is 25.0 Å². The lowest BCUT2D eigenvalue weighted by Gasteiger charge is -2.11. The second kappa shape index (κ2) is 10.8. The molecule has 0 aliphatic carbocycles. The zero-order valence-corrected chi connectivity index (χ0v) is 19.5. The molecule has 0 amide bonds. The lowest BCUT2D eigenvalue weighted by molar-refractivity contribution is -0.385. The van der Waals surface area contributed by atoms with Gasteiger partial charge in [-0.3, -0.25) is 20.2 Å². The number of nitro groups is 2. The van der Waals surface area contributed by atoms with Crippen molar-refractivity contribution in [2.24, 2.45) is 5.16 Å². The average Bonchev–Trinajstić information content (AvgIpc) is 2.76. The van der Waals surface area contributed by atoms with E-state index in [1.165, 1.54) is 30.5 Å².